The van der Waals surface area contributed by atoms with Crippen LogP contribution >= 0.6 is 0 Å². The number of nitrogens with one attached hydrogen (secondary N) is 2. The maximum atomic E-state index is 10.8. The van der Waals surface area contributed by atoms with E-state index >= 15 is 0 Å². The Hall–Kier alpha value is -1.20. The molecule has 0 aliphatic heterocycles. The number of hydrogen-bond donors (Lipinski definition) is 4. The first kappa shape index (κ1) is 15.9. The SMILES string of the molecule is O=S(=O)(O)C(CCNNc1ccccc1)S(=O)(=O)O. The molecular weight excluding hydrogens is 296 g/mol. The molecule has 0 aliphatic rings. The van der Waals surface area contributed by atoms with Crippen LogP contribution in [0.2, 0.25) is 0 Å². The molecule has 8 nitrogen and oxygen atoms in total. The summed E-state index contributed by atoms with van der Waals surface area (Å²) in [6.07, 6.45) is -0.502. The molecule has 0 aliphatic carbocycles. The standard InChI is InChI=1S/C9H14N2O6S2/c12-18(13,14)9(19(15,16)17)6-7-10-11-8-4-2-1-3-5-8/h1-5,9-11H,6-7H2,(H,12,13,14)(H,15,16,17). The fourth-order valence-electron chi connectivity index (χ4n) is 1.33. The van der Waals surface area contributed by atoms with Crippen LogP contribution in [0.1, 0.15) is 6.42 Å². The summed E-state index contributed by atoms with van der Waals surface area (Å²) in [5, 5.41) is 0. The van der Waals surface area contributed by atoms with Gasteiger partial charge in [-0.05, 0) is 18.6 Å². The first-order valence-corrected chi connectivity index (χ1v) is 8.18. The Bertz CT molecular complexity index is 567. The normalized spacial score (nSPS) is 12.6. The van der Waals surface area contributed by atoms with Crippen LogP contribution in [-0.4, -0.2) is 37.1 Å². The van der Waals surface area contributed by atoms with Crippen molar-refractivity contribution < 1.29 is 25.9 Å². The quantitative estimate of drug-likeness (QED) is 0.316. The fourth-order valence-corrected chi connectivity index (χ4v) is 3.39. The number of benzene rings is 1. The summed E-state index contributed by atoms with van der Waals surface area (Å²) < 4.78 is 58.4. The van der Waals surface area contributed by atoms with Crippen LogP contribution in [0.15, 0.2) is 30.3 Å². The van der Waals surface area contributed by atoms with Gasteiger partial charge in [-0.2, -0.15) is 16.8 Å². The Morgan fingerprint density at radius 3 is 2.00 bits per heavy atom. The lowest BCUT2D eigenvalue weighted by molar-refractivity contribution is 0.449. The number of hydrogen-bond acceptors (Lipinski definition) is 6. The lowest BCUT2D eigenvalue weighted by Gasteiger charge is -2.12. The van der Waals surface area contributed by atoms with E-state index in [1.165, 1.54) is 0 Å². The number of hydrazine groups is 1. The van der Waals surface area contributed by atoms with Gasteiger partial charge in [-0.25, -0.2) is 5.43 Å². The summed E-state index contributed by atoms with van der Waals surface area (Å²) in [5.74, 6) is 0. The van der Waals surface area contributed by atoms with Crippen LogP contribution in [0.5, 0.6) is 0 Å². The molecule has 0 bridgehead atoms. The molecule has 0 amide bonds. The highest BCUT2D eigenvalue weighted by Crippen LogP contribution is 2.10. The third-order valence-corrected chi connectivity index (χ3v) is 5.44. The van der Waals surface area contributed by atoms with Gasteiger partial charge in [0.2, 0.25) is 4.58 Å². The fraction of sp³-hybridized carbons (Fsp3) is 0.333. The van der Waals surface area contributed by atoms with Crippen LogP contribution < -0.4 is 10.9 Å². The molecule has 0 spiro atoms. The summed E-state index contributed by atoms with van der Waals surface area (Å²) in [6.45, 7) is -0.0981. The van der Waals surface area contributed by atoms with Gasteiger partial charge in [0, 0.05) is 12.2 Å². The zero-order valence-electron chi connectivity index (χ0n) is 9.72. The number of anilines is 1. The molecule has 0 unspecified atom stereocenters. The van der Waals surface area contributed by atoms with Crippen LogP contribution in [0.25, 0.3) is 0 Å². The van der Waals surface area contributed by atoms with Gasteiger partial charge in [0.15, 0.2) is 0 Å². The van der Waals surface area contributed by atoms with Gasteiger partial charge in [0.1, 0.15) is 0 Å². The van der Waals surface area contributed by atoms with Gasteiger partial charge in [0.25, 0.3) is 20.2 Å². The zero-order valence-corrected chi connectivity index (χ0v) is 11.4. The maximum Gasteiger partial charge on any atom is 0.284 e. The van der Waals surface area contributed by atoms with E-state index in [0.29, 0.717) is 5.69 Å². The summed E-state index contributed by atoms with van der Waals surface area (Å²) in [5.41, 5.74) is 5.97. The topological polar surface area (TPSA) is 133 Å². The molecule has 1 aromatic rings. The van der Waals surface area contributed by atoms with E-state index in [1.54, 1.807) is 30.3 Å². The van der Waals surface area contributed by atoms with Crippen molar-refractivity contribution in [3.63, 3.8) is 0 Å². The van der Waals surface area contributed by atoms with E-state index in [9.17, 15) is 16.8 Å². The predicted molar refractivity (Wildman–Crippen MR) is 69.6 cm³/mol. The molecule has 0 saturated carbocycles. The minimum absolute atomic E-state index is 0.0981. The molecule has 0 saturated heterocycles. The van der Waals surface area contributed by atoms with Gasteiger partial charge in [-0.1, -0.05) is 18.2 Å². The summed E-state index contributed by atoms with van der Waals surface area (Å²) in [6, 6.07) is 8.80. The molecule has 0 aromatic heterocycles. The lowest BCUT2D eigenvalue weighted by atomic mass is 10.3. The average molecular weight is 310 g/mol. The molecule has 0 atom stereocenters. The second-order valence-electron chi connectivity index (χ2n) is 3.67. The maximum absolute atomic E-state index is 10.8. The Morgan fingerprint density at radius 1 is 1.00 bits per heavy atom. The first-order chi connectivity index (χ1) is 8.71. The highest BCUT2D eigenvalue weighted by Gasteiger charge is 2.34. The molecule has 4 N–H and O–H groups in total. The third-order valence-electron chi connectivity index (χ3n) is 2.18. The van der Waals surface area contributed by atoms with Crippen molar-refractivity contribution in [3.05, 3.63) is 30.3 Å². The van der Waals surface area contributed by atoms with Gasteiger partial charge >= 0.3 is 0 Å². The molecule has 0 fully saturated rings. The van der Waals surface area contributed by atoms with Crippen molar-refractivity contribution in [2.45, 2.75) is 11.0 Å². The summed E-state index contributed by atoms with van der Waals surface area (Å²) >= 11 is 0. The van der Waals surface area contributed by atoms with E-state index in [0.717, 1.165) is 0 Å². The molecular formula is C9H14N2O6S2. The largest absolute Gasteiger partial charge is 0.322 e. The van der Waals surface area contributed by atoms with Crippen molar-refractivity contribution in [3.8, 4) is 0 Å². The summed E-state index contributed by atoms with van der Waals surface area (Å²) in [4.78, 5) is 0. The molecule has 108 valence electrons. The van der Waals surface area contributed by atoms with Gasteiger partial charge < -0.3 is 5.43 Å². The van der Waals surface area contributed by atoms with Crippen LogP contribution in [0, 0.1) is 0 Å². The molecule has 1 aromatic carbocycles. The molecule has 1 rings (SSSR count). The van der Waals surface area contributed by atoms with E-state index in [-0.39, 0.29) is 6.54 Å². The number of para-hydroxylation sites is 1. The Kier molecular flexibility index (Phi) is 5.26. The van der Waals surface area contributed by atoms with Gasteiger partial charge in [-0.3, -0.25) is 9.11 Å². The molecule has 19 heavy (non-hydrogen) atoms. The van der Waals surface area contributed by atoms with Crippen LogP contribution in [0.4, 0.5) is 5.69 Å². The average Bonchev–Trinajstić information content (AvgIpc) is 2.26. The highest BCUT2D eigenvalue weighted by molar-refractivity contribution is 8.03. The minimum atomic E-state index is -4.87. The van der Waals surface area contributed by atoms with Crippen molar-refractivity contribution in [2.75, 3.05) is 12.0 Å². The van der Waals surface area contributed by atoms with Crippen LogP contribution in [0.3, 0.4) is 0 Å². The third kappa shape index (κ3) is 5.53. The Labute approximate surface area is 111 Å². The van der Waals surface area contributed by atoms with Gasteiger partial charge in [-0.15, -0.1) is 0 Å². The Balaban J connectivity index is 2.51. The van der Waals surface area contributed by atoms with Gasteiger partial charge in [0.05, 0.1) is 0 Å². The van der Waals surface area contributed by atoms with E-state index in [4.69, 9.17) is 9.11 Å². The molecule has 0 radical (unpaired) electrons. The predicted octanol–water partition coefficient (Wildman–Crippen LogP) is 0.0949. The molecule has 10 heteroatoms. The van der Waals surface area contributed by atoms with Crippen molar-refractivity contribution in [2.24, 2.45) is 0 Å². The monoisotopic (exact) mass is 310 g/mol. The first-order valence-electron chi connectivity index (χ1n) is 5.18. The van der Waals surface area contributed by atoms with E-state index < -0.39 is 31.2 Å². The summed E-state index contributed by atoms with van der Waals surface area (Å²) in [7, 11) is -9.75. The lowest BCUT2D eigenvalue weighted by Crippen LogP contribution is -2.34. The Morgan fingerprint density at radius 2 is 1.53 bits per heavy atom. The number of rotatable bonds is 7. The van der Waals surface area contributed by atoms with Crippen LogP contribution in [-0.2, 0) is 20.2 Å². The van der Waals surface area contributed by atoms with Crippen molar-refractivity contribution in [1.82, 2.24) is 5.43 Å². The molecule has 0 heterocycles. The van der Waals surface area contributed by atoms with E-state index in [1.807, 2.05) is 0 Å². The second-order valence-corrected chi connectivity index (χ2v) is 7.16. The zero-order chi connectivity index (χ0) is 14.5. The van der Waals surface area contributed by atoms with Crippen molar-refractivity contribution >= 4 is 25.9 Å². The minimum Gasteiger partial charge on any atom is -0.322 e. The highest BCUT2D eigenvalue weighted by atomic mass is 32.3. The van der Waals surface area contributed by atoms with Crippen molar-refractivity contribution in [1.29, 1.82) is 0 Å². The second kappa shape index (κ2) is 6.30. The van der Waals surface area contributed by atoms with E-state index in [2.05, 4.69) is 10.9 Å². The smallest absolute Gasteiger partial charge is 0.284 e.